The first-order chi connectivity index (χ1) is 6.02. The molecule has 1 heterocycles. The summed E-state index contributed by atoms with van der Waals surface area (Å²) in [6.07, 6.45) is 12.3. The van der Waals surface area contributed by atoms with Gasteiger partial charge in [-0.05, 0) is 11.3 Å². The molecule has 0 spiro atoms. The van der Waals surface area contributed by atoms with Crippen molar-refractivity contribution in [3.63, 3.8) is 0 Å². The van der Waals surface area contributed by atoms with Crippen molar-refractivity contribution >= 4 is 11.8 Å². The van der Waals surface area contributed by atoms with E-state index in [2.05, 4.69) is 51.2 Å². The number of hydrogen-bond donors (Lipinski definition) is 0. The van der Waals surface area contributed by atoms with E-state index in [0.717, 1.165) is 0 Å². The SMILES string of the molecule is CC1(C)CC2(C)C=CC=CC=C2S1. The smallest absolute Gasteiger partial charge is 0.0180 e. The molecule has 1 atom stereocenters. The molecule has 0 aromatic heterocycles. The monoisotopic (exact) mass is 192 g/mol. The van der Waals surface area contributed by atoms with E-state index in [0.29, 0.717) is 4.75 Å². The van der Waals surface area contributed by atoms with E-state index < -0.39 is 0 Å². The van der Waals surface area contributed by atoms with Crippen LogP contribution in [0.1, 0.15) is 27.2 Å². The lowest BCUT2D eigenvalue weighted by molar-refractivity contribution is 0.457. The van der Waals surface area contributed by atoms with Crippen LogP contribution in [0.5, 0.6) is 0 Å². The molecule has 70 valence electrons. The first kappa shape index (κ1) is 9.14. The third kappa shape index (κ3) is 1.62. The lowest BCUT2D eigenvalue weighted by atomic mass is 9.82. The summed E-state index contributed by atoms with van der Waals surface area (Å²) in [7, 11) is 0. The van der Waals surface area contributed by atoms with Crippen molar-refractivity contribution in [2.45, 2.75) is 31.9 Å². The molecule has 0 amide bonds. The van der Waals surface area contributed by atoms with E-state index in [1.807, 2.05) is 11.8 Å². The molecule has 2 aliphatic rings. The highest BCUT2D eigenvalue weighted by molar-refractivity contribution is 8.04. The maximum atomic E-state index is 2.34. The number of allylic oxidation sites excluding steroid dienone is 6. The first-order valence-corrected chi connectivity index (χ1v) is 5.59. The average Bonchev–Trinajstić information content (AvgIpc) is 2.14. The summed E-state index contributed by atoms with van der Waals surface area (Å²) in [5.74, 6) is 0. The Hall–Kier alpha value is -0.430. The van der Waals surface area contributed by atoms with Gasteiger partial charge in [0, 0.05) is 10.2 Å². The van der Waals surface area contributed by atoms with Crippen molar-refractivity contribution < 1.29 is 0 Å². The largest absolute Gasteiger partial charge is 0.123 e. The molecule has 1 fully saturated rings. The summed E-state index contributed by atoms with van der Waals surface area (Å²) in [4.78, 5) is 1.52. The van der Waals surface area contributed by atoms with Gasteiger partial charge >= 0.3 is 0 Å². The predicted molar refractivity (Wildman–Crippen MR) is 60.8 cm³/mol. The fraction of sp³-hybridized carbons (Fsp3) is 0.500. The Balaban J connectivity index is 2.41. The third-order valence-corrected chi connectivity index (χ3v) is 4.20. The molecule has 0 nitrogen and oxygen atoms in total. The summed E-state index contributed by atoms with van der Waals surface area (Å²) in [6, 6.07) is 0. The van der Waals surface area contributed by atoms with Gasteiger partial charge in [0.2, 0.25) is 0 Å². The minimum absolute atomic E-state index is 0.289. The molecule has 1 saturated heterocycles. The minimum atomic E-state index is 0.289. The van der Waals surface area contributed by atoms with Gasteiger partial charge in [-0.25, -0.2) is 0 Å². The predicted octanol–water partition coefficient (Wildman–Crippen LogP) is 3.92. The topological polar surface area (TPSA) is 0 Å². The Morgan fingerprint density at radius 2 is 1.92 bits per heavy atom. The summed E-state index contributed by atoms with van der Waals surface area (Å²) < 4.78 is 0.399. The van der Waals surface area contributed by atoms with Crippen LogP contribution in [0.3, 0.4) is 0 Å². The van der Waals surface area contributed by atoms with Gasteiger partial charge in [0.1, 0.15) is 0 Å². The van der Waals surface area contributed by atoms with Gasteiger partial charge in [-0.15, -0.1) is 11.8 Å². The first-order valence-electron chi connectivity index (χ1n) is 4.78. The van der Waals surface area contributed by atoms with Crippen LogP contribution in [0, 0.1) is 5.41 Å². The quantitative estimate of drug-likeness (QED) is 0.560. The molecule has 1 heteroatoms. The van der Waals surface area contributed by atoms with E-state index in [1.165, 1.54) is 11.3 Å². The molecule has 0 aromatic carbocycles. The van der Waals surface area contributed by atoms with E-state index in [1.54, 1.807) is 0 Å². The maximum Gasteiger partial charge on any atom is 0.0180 e. The van der Waals surface area contributed by atoms with Crippen LogP contribution >= 0.6 is 11.8 Å². The molecule has 2 rings (SSSR count). The summed E-state index contributed by atoms with van der Waals surface area (Å²) in [5.41, 5.74) is 0.289. The molecule has 1 aliphatic heterocycles. The molecule has 0 saturated carbocycles. The van der Waals surface area contributed by atoms with Gasteiger partial charge in [-0.2, -0.15) is 0 Å². The maximum absolute atomic E-state index is 2.34. The summed E-state index contributed by atoms with van der Waals surface area (Å²) in [5, 5.41) is 0. The zero-order valence-electron chi connectivity index (χ0n) is 8.50. The number of fused-ring (bicyclic) bond motifs is 1. The second-order valence-corrected chi connectivity index (χ2v) is 6.48. The Kier molecular flexibility index (Phi) is 1.95. The molecule has 0 N–H and O–H groups in total. The zero-order chi connectivity index (χ0) is 9.53. The van der Waals surface area contributed by atoms with Gasteiger partial charge in [0.25, 0.3) is 0 Å². The minimum Gasteiger partial charge on any atom is -0.123 e. The van der Waals surface area contributed by atoms with Crippen molar-refractivity contribution in [3.8, 4) is 0 Å². The third-order valence-electron chi connectivity index (χ3n) is 2.68. The second kappa shape index (κ2) is 2.78. The Morgan fingerprint density at radius 3 is 2.69 bits per heavy atom. The van der Waals surface area contributed by atoms with Crippen LogP contribution in [-0.2, 0) is 0 Å². The van der Waals surface area contributed by atoms with E-state index in [4.69, 9.17) is 0 Å². The van der Waals surface area contributed by atoms with Crippen molar-refractivity contribution in [2.24, 2.45) is 5.41 Å². The fourth-order valence-corrected chi connectivity index (χ4v) is 3.75. The Labute approximate surface area is 84.8 Å². The highest BCUT2D eigenvalue weighted by Crippen LogP contribution is 2.57. The van der Waals surface area contributed by atoms with Crippen molar-refractivity contribution in [1.82, 2.24) is 0 Å². The lowest BCUT2D eigenvalue weighted by Crippen LogP contribution is -2.16. The number of rotatable bonds is 0. The zero-order valence-corrected chi connectivity index (χ0v) is 9.32. The molecule has 0 radical (unpaired) electrons. The van der Waals surface area contributed by atoms with Crippen LogP contribution in [0.2, 0.25) is 0 Å². The van der Waals surface area contributed by atoms with Gasteiger partial charge in [-0.1, -0.05) is 51.2 Å². The number of hydrogen-bond acceptors (Lipinski definition) is 1. The number of thioether (sulfide) groups is 1. The van der Waals surface area contributed by atoms with E-state index in [9.17, 15) is 0 Å². The Morgan fingerprint density at radius 1 is 1.15 bits per heavy atom. The van der Waals surface area contributed by atoms with Crippen LogP contribution in [0.4, 0.5) is 0 Å². The van der Waals surface area contributed by atoms with Crippen LogP contribution in [0.15, 0.2) is 35.3 Å². The van der Waals surface area contributed by atoms with Gasteiger partial charge in [-0.3, -0.25) is 0 Å². The summed E-state index contributed by atoms with van der Waals surface area (Å²) in [6.45, 7) is 7.00. The Bertz CT molecular complexity index is 307. The fourth-order valence-electron chi connectivity index (χ4n) is 2.26. The normalized spacial score (nSPS) is 35.5. The van der Waals surface area contributed by atoms with Gasteiger partial charge in [0.15, 0.2) is 0 Å². The molecule has 1 unspecified atom stereocenters. The van der Waals surface area contributed by atoms with E-state index in [-0.39, 0.29) is 5.41 Å². The van der Waals surface area contributed by atoms with Crippen LogP contribution < -0.4 is 0 Å². The molecule has 1 aliphatic carbocycles. The van der Waals surface area contributed by atoms with Gasteiger partial charge < -0.3 is 0 Å². The second-order valence-electron chi connectivity index (χ2n) is 4.73. The lowest BCUT2D eigenvalue weighted by Gasteiger charge is -2.21. The van der Waals surface area contributed by atoms with Crippen molar-refractivity contribution in [1.29, 1.82) is 0 Å². The van der Waals surface area contributed by atoms with Crippen LogP contribution in [-0.4, -0.2) is 4.75 Å². The summed E-state index contributed by atoms with van der Waals surface area (Å²) >= 11 is 2.02. The highest BCUT2D eigenvalue weighted by atomic mass is 32.2. The van der Waals surface area contributed by atoms with Gasteiger partial charge in [0.05, 0.1) is 0 Å². The standard InChI is InChI=1S/C12H16S/c1-11(2)9-12(3)8-6-4-5-7-10(12)13-11/h4-8H,9H2,1-3H3. The molecule has 0 bridgehead atoms. The van der Waals surface area contributed by atoms with E-state index >= 15 is 0 Å². The van der Waals surface area contributed by atoms with Crippen molar-refractivity contribution in [3.05, 3.63) is 35.3 Å². The molecular weight excluding hydrogens is 176 g/mol. The highest BCUT2D eigenvalue weighted by Gasteiger charge is 2.42. The molecular formula is C12H16S. The molecule has 0 aromatic rings. The molecule has 13 heavy (non-hydrogen) atoms. The average molecular weight is 192 g/mol. The van der Waals surface area contributed by atoms with Crippen molar-refractivity contribution in [2.75, 3.05) is 0 Å². The van der Waals surface area contributed by atoms with Crippen LogP contribution in [0.25, 0.3) is 0 Å².